The molecule has 0 unspecified atom stereocenters. The fourth-order valence-corrected chi connectivity index (χ4v) is 3.41. The molecule has 1 aliphatic heterocycles. The zero-order valence-corrected chi connectivity index (χ0v) is 18.2. The molecular formula is C25H23N3O5. The van der Waals surface area contributed by atoms with E-state index in [0.29, 0.717) is 34.1 Å². The van der Waals surface area contributed by atoms with Gasteiger partial charge in [0.1, 0.15) is 23.0 Å². The lowest BCUT2D eigenvalue weighted by atomic mass is 10.0. The number of benzene rings is 3. The number of methoxy groups -OCH3 is 2. The van der Waals surface area contributed by atoms with E-state index in [0.717, 1.165) is 0 Å². The largest absolute Gasteiger partial charge is 0.497 e. The van der Waals surface area contributed by atoms with Crippen molar-refractivity contribution in [3.63, 3.8) is 0 Å². The predicted octanol–water partition coefficient (Wildman–Crippen LogP) is 3.84. The third kappa shape index (κ3) is 5.30. The predicted molar refractivity (Wildman–Crippen MR) is 123 cm³/mol. The molecule has 3 aromatic carbocycles. The third-order valence-corrected chi connectivity index (χ3v) is 5.04. The Hall–Kier alpha value is -4.33. The first-order valence-corrected chi connectivity index (χ1v) is 10.3. The van der Waals surface area contributed by atoms with Crippen molar-refractivity contribution in [2.75, 3.05) is 14.2 Å². The van der Waals surface area contributed by atoms with Gasteiger partial charge < -0.3 is 14.2 Å². The number of hydrogen-bond donors (Lipinski definition) is 2. The van der Waals surface area contributed by atoms with Crippen LogP contribution >= 0.6 is 0 Å². The summed E-state index contributed by atoms with van der Waals surface area (Å²) in [5.41, 5.74) is 1.09. The summed E-state index contributed by atoms with van der Waals surface area (Å²) in [7, 11) is 3.11. The maximum Gasteiger partial charge on any atom is 0.257 e. The highest BCUT2D eigenvalue weighted by Gasteiger charge is 2.26. The number of rotatable bonds is 6. The molecular weight excluding hydrogens is 422 g/mol. The second-order valence-corrected chi connectivity index (χ2v) is 7.25. The Kier molecular flexibility index (Phi) is 6.54. The smallest absolute Gasteiger partial charge is 0.257 e. The van der Waals surface area contributed by atoms with E-state index in [1.165, 1.54) is 0 Å². The summed E-state index contributed by atoms with van der Waals surface area (Å²) < 4.78 is 16.4. The number of hydrogen-bond acceptors (Lipinski definition) is 6. The minimum atomic E-state index is -0.527. The van der Waals surface area contributed by atoms with E-state index < -0.39 is 11.9 Å². The van der Waals surface area contributed by atoms with Crippen molar-refractivity contribution in [2.24, 2.45) is 4.99 Å². The van der Waals surface area contributed by atoms with Gasteiger partial charge in [-0.1, -0.05) is 18.2 Å². The van der Waals surface area contributed by atoms with Gasteiger partial charge in [0.15, 0.2) is 0 Å². The van der Waals surface area contributed by atoms with Crippen LogP contribution in [0.3, 0.4) is 0 Å². The molecule has 0 saturated heterocycles. The first-order valence-electron chi connectivity index (χ1n) is 10.3. The van der Waals surface area contributed by atoms with E-state index in [9.17, 15) is 9.59 Å². The molecule has 8 nitrogen and oxygen atoms in total. The zero-order chi connectivity index (χ0) is 23.2. The average Bonchev–Trinajstić information content (AvgIpc) is 2.84. The quantitative estimate of drug-likeness (QED) is 0.601. The van der Waals surface area contributed by atoms with E-state index in [1.54, 1.807) is 56.7 Å². The van der Waals surface area contributed by atoms with Gasteiger partial charge in [-0.2, -0.15) is 0 Å². The molecule has 0 radical (unpaired) electrons. The van der Waals surface area contributed by atoms with E-state index >= 15 is 0 Å². The number of nitrogens with zero attached hydrogens (tertiary/aromatic N) is 1. The van der Waals surface area contributed by atoms with Crippen molar-refractivity contribution in [3.05, 3.63) is 83.9 Å². The Morgan fingerprint density at radius 2 is 1.64 bits per heavy atom. The third-order valence-electron chi connectivity index (χ3n) is 5.04. The Balaban J connectivity index is 1.49. The molecule has 1 heterocycles. The van der Waals surface area contributed by atoms with E-state index in [2.05, 4.69) is 15.6 Å². The van der Waals surface area contributed by atoms with Crippen LogP contribution in [0.4, 0.5) is 0 Å². The van der Waals surface area contributed by atoms with E-state index in [1.807, 2.05) is 30.3 Å². The van der Waals surface area contributed by atoms with Crippen LogP contribution in [0.1, 0.15) is 28.4 Å². The lowest BCUT2D eigenvalue weighted by Crippen LogP contribution is -2.47. The monoisotopic (exact) mass is 445 g/mol. The van der Waals surface area contributed by atoms with Gasteiger partial charge in [0.25, 0.3) is 5.91 Å². The molecule has 0 aromatic heterocycles. The summed E-state index contributed by atoms with van der Waals surface area (Å²) >= 11 is 0. The maximum atomic E-state index is 12.7. The van der Waals surface area contributed by atoms with Crippen LogP contribution in [0.25, 0.3) is 0 Å². The SMILES string of the molecule is COc1ccc(OC)c([C@H]2CC(=O)NC(NC(=O)c3ccc(Oc4ccccc4)cc3)=N2)c1. The first-order chi connectivity index (χ1) is 16.1. The maximum absolute atomic E-state index is 12.7. The molecule has 168 valence electrons. The minimum absolute atomic E-state index is 0.0794. The fourth-order valence-electron chi connectivity index (χ4n) is 3.41. The molecule has 0 bridgehead atoms. The summed E-state index contributed by atoms with van der Waals surface area (Å²) in [6, 6.07) is 20.8. The number of aliphatic imine (C=N–C) groups is 1. The molecule has 0 saturated carbocycles. The lowest BCUT2D eigenvalue weighted by Gasteiger charge is -2.23. The topological polar surface area (TPSA) is 98.2 Å². The molecule has 33 heavy (non-hydrogen) atoms. The van der Waals surface area contributed by atoms with Gasteiger partial charge in [-0.05, 0) is 54.6 Å². The number of nitrogens with one attached hydrogen (secondary N) is 2. The van der Waals surface area contributed by atoms with Crippen LogP contribution in [0.15, 0.2) is 77.8 Å². The zero-order valence-electron chi connectivity index (χ0n) is 18.2. The summed E-state index contributed by atoms with van der Waals surface area (Å²) in [5, 5.41) is 5.28. The van der Waals surface area contributed by atoms with Crippen molar-refractivity contribution < 1.29 is 23.8 Å². The molecule has 2 N–H and O–H groups in total. The van der Waals surface area contributed by atoms with Gasteiger partial charge in [-0.15, -0.1) is 0 Å². The van der Waals surface area contributed by atoms with E-state index in [4.69, 9.17) is 14.2 Å². The molecule has 0 aliphatic carbocycles. The summed E-state index contributed by atoms with van der Waals surface area (Å²) in [5.74, 6) is 1.92. The lowest BCUT2D eigenvalue weighted by molar-refractivity contribution is -0.120. The van der Waals surface area contributed by atoms with Crippen molar-refractivity contribution in [3.8, 4) is 23.0 Å². The Morgan fingerprint density at radius 1 is 0.939 bits per heavy atom. The van der Waals surface area contributed by atoms with Crippen molar-refractivity contribution in [1.29, 1.82) is 0 Å². The molecule has 1 aliphatic rings. The van der Waals surface area contributed by atoms with Crippen LogP contribution in [-0.2, 0) is 4.79 Å². The van der Waals surface area contributed by atoms with Crippen molar-refractivity contribution in [1.82, 2.24) is 10.6 Å². The second kappa shape index (κ2) is 9.86. The fraction of sp³-hybridized carbons (Fsp3) is 0.160. The van der Waals surface area contributed by atoms with Gasteiger partial charge >= 0.3 is 0 Å². The minimum Gasteiger partial charge on any atom is -0.497 e. The van der Waals surface area contributed by atoms with Gasteiger partial charge in [-0.25, -0.2) is 4.99 Å². The highest BCUT2D eigenvalue weighted by atomic mass is 16.5. The highest BCUT2D eigenvalue weighted by Crippen LogP contribution is 2.34. The number of para-hydroxylation sites is 1. The molecule has 4 rings (SSSR count). The normalized spacial score (nSPS) is 15.2. The van der Waals surface area contributed by atoms with Gasteiger partial charge in [-0.3, -0.25) is 20.2 Å². The summed E-state index contributed by atoms with van der Waals surface area (Å²) in [4.78, 5) is 29.6. The molecule has 0 fully saturated rings. The van der Waals surface area contributed by atoms with Crippen LogP contribution in [0.5, 0.6) is 23.0 Å². The molecule has 0 spiro atoms. The number of amides is 2. The summed E-state index contributed by atoms with van der Waals surface area (Å²) in [6.45, 7) is 0. The molecule has 1 atom stereocenters. The molecule has 2 amide bonds. The summed E-state index contributed by atoms with van der Waals surface area (Å²) in [6.07, 6.45) is 0.119. The first kappa shape index (κ1) is 21.9. The van der Waals surface area contributed by atoms with Crippen LogP contribution in [-0.4, -0.2) is 32.0 Å². The Bertz CT molecular complexity index is 1180. The highest BCUT2D eigenvalue weighted by molar-refractivity contribution is 6.10. The van der Waals surface area contributed by atoms with Crippen LogP contribution < -0.4 is 24.8 Å². The number of ether oxygens (including phenoxy) is 3. The van der Waals surface area contributed by atoms with Crippen LogP contribution in [0, 0.1) is 0 Å². The van der Waals surface area contributed by atoms with Gasteiger partial charge in [0, 0.05) is 11.1 Å². The number of carbonyl (C=O) groups excluding carboxylic acids is 2. The van der Waals surface area contributed by atoms with Gasteiger partial charge in [0.05, 0.1) is 26.7 Å². The average molecular weight is 445 g/mol. The van der Waals surface area contributed by atoms with Gasteiger partial charge in [0.2, 0.25) is 11.9 Å². The molecule has 3 aromatic rings. The number of carbonyl (C=O) groups is 2. The Labute approximate surface area is 191 Å². The van der Waals surface area contributed by atoms with Crippen molar-refractivity contribution >= 4 is 17.8 Å². The molecule has 8 heteroatoms. The Morgan fingerprint density at radius 3 is 2.33 bits per heavy atom. The second-order valence-electron chi connectivity index (χ2n) is 7.25. The van der Waals surface area contributed by atoms with E-state index in [-0.39, 0.29) is 18.3 Å². The number of guanidine groups is 1. The standard InChI is InChI=1S/C25H23N3O5/c1-31-19-12-13-22(32-2)20(14-19)21-15-23(29)27-25(26-21)28-24(30)16-8-10-18(11-9-16)33-17-6-4-3-5-7-17/h3-14,21H,15H2,1-2H3,(H2,26,27,28,29,30)/t21-/m1/s1. The van der Waals surface area contributed by atoms with Crippen LogP contribution in [0.2, 0.25) is 0 Å². The van der Waals surface area contributed by atoms with Crippen molar-refractivity contribution in [2.45, 2.75) is 12.5 Å².